The molecule has 10 heteroatoms. The van der Waals surface area contributed by atoms with Crippen molar-refractivity contribution in [1.82, 2.24) is 19.9 Å². The largest absolute Gasteiger partial charge is 0.395 e. The zero-order valence-electron chi connectivity index (χ0n) is 21.9. The van der Waals surface area contributed by atoms with E-state index in [-0.39, 0.29) is 46.7 Å². The highest BCUT2D eigenvalue weighted by Crippen LogP contribution is 2.33. The third-order valence-corrected chi connectivity index (χ3v) is 9.38. The number of hydrogen-bond donors (Lipinski definition) is 3. The Morgan fingerprint density at radius 1 is 0.923 bits per heavy atom. The number of thiophene rings is 1. The molecule has 1 aromatic carbocycles. The molecule has 2 aliphatic carbocycles. The number of rotatable bonds is 9. The second kappa shape index (κ2) is 12.7. The Bertz CT molecular complexity index is 1270. The summed E-state index contributed by atoms with van der Waals surface area (Å²) in [5, 5.41) is 8.14. The predicted molar refractivity (Wildman–Crippen MR) is 155 cm³/mol. The number of amides is 3. The molecule has 4 N–H and O–H groups in total. The SMILES string of the molecule is Nc1c(C(=O)NC2CCCCC2)nsc1C(=O)N(Cc1ccccc1)C(C(=O)NC1CCCC1)c1cccs1. The molecule has 8 nitrogen and oxygen atoms in total. The van der Waals surface area contributed by atoms with Crippen LogP contribution >= 0.6 is 22.9 Å². The van der Waals surface area contributed by atoms with Crippen LogP contribution in [0.25, 0.3) is 0 Å². The van der Waals surface area contributed by atoms with Crippen LogP contribution in [0, 0.1) is 0 Å². The van der Waals surface area contributed by atoms with Gasteiger partial charge >= 0.3 is 0 Å². The zero-order valence-corrected chi connectivity index (χ0v) is 23.6. The molecule has 2 aliphatic rings. The minimum absolute atomic E-state index is 0.0671. The van der Waals surface area contributed by atoms with Crippen LogP contribution in [0.3, 0.4) is 0 Å². The highest BCUT2D eigenvalue weighted by Gasteiger charge is 2.37. The molecule has 0 spiro atoms. The first-order chi connectivity index (χ1) is 19.0. The van der Waals surface area contributed by atoms with Crippen molar-refractivity contribution in [3.05, 3.63) is 68.9 Å². The third-order valence-electron chi connectivity index (χ3n) is 7.61. The van der Waals surface area contributed by atoms with Gasteiger partial charge in [-0.05, 0) is 54.2 Å². The number of nitrogens with one attached hydrogen (secondary N) is 2. The maximum absolute atomic E-state index is 14.2. The van der Waals surface area contributed by atoms with Crippen LogP contribution in [0.4, 0.5) is 5.69 Å². The van der Waals surface area contributed by atoms with E-state index in [1.165, 1.54) is 17.8 Å². The minimum Gasteiger partial charge on any atom is -0.395 e. The average molecular weight is 566 g/mol. The number of benzene rings is 1. The summed E-state index contributed by atoms with van der Waals surface area (Å²) in [6.07, 6.45) is 9.28. The van der Waals surface area contributed by atoms with Gasteiger partial charge in [0.2, 0.25) is 5.91 Å². The fourth-order valence-electron chi connectivity index (χ4n) is 5.53. The molecule has 3 amide bonds. The topological polar surface area (TPSA) is 117 Å². The fourth-order valence-corrected chi connectivity index (χ4v) is 7.12. The number of nitrogens with two attached hydrogens (primary N) is 1. The summed E-state index contributed by atoms with van der Waals surface area (Å²) in [6, 6.07) is 12.7. The van der Waals surface area contributed by atoms with Crippen molar-refractivity contribution in [1.29, 1.82) is 0 Å². The molecule has 1 atom stereocenters. The Balaban J connectivity index is 1.45. The van der Waals surface area contributed by atoms with Gasteiger partial charge in [0.05, 0.1) is 5.69 Å². The van der Waals surface area contributed by atoms with Gasteiger partial charge in [0.25, 0.3) is 11.8 Å². The Morgan fingerprint density at radius 3 is 2.26 bits per heavy atom. The number of anilines is 1. The molecule has 2 saturated carbocycles. The van der Waals surface area contributed by atoms with Crippen LogP contribution in [0.1, 0.15) is 94.4 Å². The maximum atomic E-state index is 14.2. The second-order valence-corrected chi connectivity index (χ2v) is 12.2. The van der Waals surface area contributed by atoms with E-state index in [0.717, 1.165) is 73.3 Å². The molecule has 3 aromatic rings. The summed E-state index contributed by atoms with van der Waals surface area (Å²) in [6.45, 7) is 0.210. The van der Waals surface area contributed by atoms with Gasteiger partial charge in [-0.1, -0.05) is 68.5 Å². The number of nitrogens with zero attached hydrogens (tertiary/aromatic N) is 2. The van der Waals surface area contributed by atoms with Gasteiger partial charge in [0, 0.05) is 23.5 Å². The van der Waals surface area contributed by atoms with E-state index < -0.39 is 11.9 Å². The lowest BCUT2D eigenvalue weighted by Gasteiger charge is -2.31. The molecule has 2 aromatic heterocycles. The first-order valence-electron chi connectivity index (χ1n) is 13.8. The lowest BCUT2D eigenvalue weighted by atomic mass is 9.95. The number of nitrogen functional groups attached to an aromatic ring is 1. The summed E-state index contributed by atoms with van der Waals surface area (Å²) in [7, 11) is 0. The number of carbonyl (C=O) groups is 3. The van der Waals surface area contributed by atoms with Gasteiger partial charge in [-0.25, -0.2) is 0 Å². The van der Waals surface area contributed by atoms with Gasteiger partial charge in [-0.2, -0.15) is 4.37 Å². The summed E-state index contributed by atoms with van der Waals surface area (Å²) in [4.78, 5) is 43.5. The van der Waals surface area contributed by atoms with Gasteiger partial charge < -0.3 is 21.3 Å². The van der Waals surface area contributed by atoms with Crippen LogP contribution in [0.2, 0.25) is 0 Å². The van der Waals surface area contributed by atoms with Crippen molar-refractivity contribution in [3.63, 3.8) is 0 Å². The molecule has 2 fully saturated rings. The summed E-state index contributed by atoms with van der Waals surface area (Å²) >= 11 is 2.36. The number of aromatic nitrogens is 1. The molecular formula is C29H35N5O3S2. The molecule has 0 aliphatic heterocycles. The molecule has 2 heterocycles. The predicted octanol–water partition coefficient (Wildman–Crippen LogP) is 5.29. The first kappa shape index (κ1) is 27.3. The summed E-state index contributed by atoms with van der Waals surface area (Å²) in [5.41, 5.74) is 7.45. The molecule has 0 radical (unpaired) electrons. The van der Waals surface area contributed by atoms with Gasteiger partial charge in [-0.3, -0.25) is 14.4 Å². The van der Waals surface area contributed by atoms with Crippen molar-refractivity contribution in [2.75, 3.05) is 5.73 Å². The van der Waals surface area contributed by atoms with Crippen molar-refractivity contribution in [2.45, 2.75) is 82.5 Å². The van der Waals surface area contributed by atoms with Crippen molar-refractivity contribution < 1.29 is 14.4 Å². The van der Waals surface area contributed by atoms with E-state index in [0.29, 0.717) is 0 Å². The Morgan fingerprint density at radius 2 is 1.59 bits per heavy atom. The van der Waals surface area contributed by atoms with Crippen LogP contribution < -0.4 is 16.4 Å². The van der Waals surface area contributed by atoms with E-state index in [2.05, 4.69) is 15.0 Å². The molecule has 0 bridgehead atoms. The van der Waals surface area contributed by atoms with Crippen molar-refractivity contribution in [2.24, 2.45) is 0 Å². The van der Waals surface area contributed by atoms with E-state index >= 15 is 0 Å². The Kier molecular flexibility index (Phi) is 8.93. The number of carbonyl (C=O) groups excluding carboxylic acids is 3. The van der Waals surface area contributed by atoms with Gasteiger partial charge in [-0.15, -0.1) is 11.3 Å². The Labute approximate surface area is 237 Å². The van der Waals surface area contributed by atoms with Crippen LogP contribution in [0.5, 0.6) is 0 Å². The van der Waals surface area contributed by atoms with Gasteiger partial charge in [0.1, 0.15) is 10.9 Å². The summed E-state index contributed by atoms with van der Waals surface area (Å²) < 4.78 is 4.30. The monoisotopic (exact) mass is 565 g/mol. The minimum atomic E-state index is -0.834. The quantitative estimate of drug-likeness (QED) is 0.326. The van der Waals surface area contributed by atoms with E-state index in [9.17, 15) is 14.4 Å². The Hall–Kier alpha value is -3.24. The van der Waals surface area contributed by atoms with Gasteiger partial charge in [0.15, 0.2) is 5.69 Å². The van der Waals surface area contributed by atoms with Crippen LogP contribution in [0.15, 0.2) is 47.8 Å². The standard InChI is InChI=1S/C29H35N5O3S2/c30-23-24(27(35)31-20-12-5-2-6-13-20)33-39-26(23)29(37)34(18-19-10-3-1-4-11-19)25(22-16-9-17-38-22)28(36)32-21-14-7-8-15-21/h1,3-4,9-11,16-17,20-21,25H,2,5-8,12-15,18,30H2,(H,31,35)(H,32,36). The normalized spacial score (nSPS) is 17.0. The highest BCUT2D eigenvalue weighted by atomic mass is 32.1. The average Bonchev–Trinajstić information content (AvgIpc) is 3.72. The molecular weight excluding hydrogens is 530 g/mol. The maximum Gasteiger partial charge on any atom is 0.273 e. The third kappa shape index (κ3) is 6.50. The van der Waals surface area contributed by atoms with Crippen LogP contribution in [-0.4, -0.2) is 39.1 Å². The second-order valence-electron chi connectivity index (χ2n) is 10.4. The molecule has 0 saturated heterocycles. The van der Waals surface area contributed by atoms with Crippen molar-refractivity contribution in [3.8, 4) is 0 Å². The first-order valence-corrected chi connectivity index (χ1v) is 15.4. The molecule has 206 valence electrons. The smallest absolute Gasteiger partial charge is 0.273 e. The van der Waals surface area contributed by atoms with E-state index in [1.807, 2.05) is 47.8 Å². The number of hydrogen-bond acceptors (Lipinski definition) is 7. The summed E-state index contributed by atoms with van der Waals surface area (Å²) in [5.74, 6) is -0.962. The molecule has 1 unspecified atom stereocenters. The fraction of sp³-hybridized carbons (Fsp3) is 0.448. The lowest BCUT2D eigenvalue weighted by Crippen LogP contribution is -2.45. The van der Waals surface area contributed by atoms with Crippen LogP contribution in [-0.2, 0) is 11.3 Å². The highest BCUT2D eigenvalue weighted by molar-refractivity contribution is 7.10. The van der Waals surface area contributed by atoms with E-state index in [4.69, 9.17) is 5.73 Å². The molecule has 39 heavy (non-hydrogen) atoms. The lowest BCUT2D eigenvalue weighted by molar-refractivity contribution is -0.126. The zero-order chi connectivity index (χ0) is 27.2. The van der Waals surface area contributed by atoms with Crippen molar-refractivity contribution >= 4 is 46.3 Å². The molecule has 5 rings (SSSR count). The van der Waals surface area contributed by atoms with E-state index in [1.54, 1.807) is 4.90 Å².